The number of carboxylic acid groups (broad SMARTS) is 1. The average molecular weight is 226 g/mol. The van der Waals surface area contributed by atoms with Gasteiger partial charge in [-0.15, -0.1) is 0 Å². The van der Waals surface area contributed by atoms with Crippen molar-refractivity contribution in [2.75, 3.05) is 25.1 Å². The van der Waals surface area contributed by atoms with Crippen LogP contribution >= 0.6 is 0 Å². The summed E-state index contributed by atoms with van der Waals surface area (Å²) in [7, 11) is 0. The van der Waals surface area contributed by atoms with E-state index in [2.05, 4.69) is 10.3 Å². The van der Waals surface area contributed by atoms with Crippen LogP contribution in [0.5, 0.6) is 0 Å². The van der Waals surface area contributed by atoms with E-state index >= 15 is 0 Å². The molecule has 6 heteroatoms. The first-order valence-electron chi connectivity index (χ1n) is 5.26. The van der Waals surface area contributed by atoms with Crippen LogP contribution in [0.15, 0.2) is 10.7 Å². The van der Waals surface area contributed by atoms with Crippen LogP contribution in [0.2, 0.25) is 0 Å². The molecule has 6 nitrogen and oxygen atoms in total. The van der Waals surface area contributed by atoms with Gasteiger partial charge in [-0.2, -0.15) is 4.98 Å². The highest BCUT2D eigenvalue weighted by molar-refractivity contribution is 5.85. The largest absolute Gasteiger partial charge is 0.476 e. The van der Waals surface area contributed by atoms with Crippen LogP contribution in [-0.4, -0.2) is 35.8 Å². The molecule has 0 radical (unpaired) electrons. The Morgan fingerprint density at radius 2 is 2.31 bits per heavy atom. The van der Waals surface area contributed by atoms with Gasteiger partial charge in [0.2, 0.25) is 0 Å². The second-order valence-electron chi connectivity index (χ2n) is 3.78. The van der Waals surface area contributed by atoms with E-state index in [0.717, 1.165) is 38.9 Å². The molecule has 0 saturated carbocycles. The van der Waals surface area contributed by atoms with Gasteiger partial charge in [-0.1, -0.05) is 0 Å². The van der Waals surface area contributed by atoms with Crippen LogP contribution < -0.4 is 5.32 Å². The number of anilines is 1. The summed E-state index contributed by atoms with van der Waals surface area (Å²) >= 11 is 0. The van der Waals surface area contributed by atoms with Gasteiger partial charge < -0.3 is 19.6 Å². The van der Waals surface area contributed by atoms with Crippen molar-refractivity contribution in [1.29, 1.82) is 0 Å². The lowest BCUT2D eigenvalue weighted by Crippen LogP contribution is -2.22. The quantitative estimate of drug-likeness (QED) is 0.802. The Labute approximate surface area is 92.6 Å². The molecule has 2 N–H and O–H groups in total. The standard InChI is InChI=1S/C10H14N2O4/c13-9(14)8-6-16-10(12-8)11-5-7-1-3-15-4-2-7/h6-7H,1-5H2,(H,11,12)(H,13,14). The number of ether oxygens (including phenoxy) is 1. The van der Waals surface area contributed by atoms with Crippen molar-refractivity contribution in [2.45, 2.75) is 12.8 Å². The van der Waals surface area contributed by atoms with Crippen molar-refractivity contribution in [3.63, 3.8) is 0 Å². The predicted molar refractivity (Wildman–Crippen MR) is 55.5 cm³/mol. The van der Waals surface area contributed by atoms with Crippen molar-refractivity contribution >= 4 is 12.0 Å². The van der Waals surface area contributed by atoms with Crippen molar-refractivity contribution < 1.29 is 19.1 Å². The molecule has 0 aliphatic carbocycles. The lowest BCUT2D eigenvalue weighted by molar-refractivity contribution is 0.0690. The minimum Gasteiger partial charge on any atom is -0.476 e. The topological polar surface area (TPSA) is 84.6 Å². The van der Waals surface area contributed by atoms with E-state index in [4.69, 9.17) is 14.3 Å². The number of nitrogens with zero attached hydrogens (tertiary/aromatic N) is 1. The summed E-state index contributed by atoms with van der Waals surface area (Å²) in [5.41, 5.74) is -0.0746. The molecule has 88 valence electrons. The number of rotatable bonds is 4. The maximum atomic E-state index is 10.6. The van der Waals surface area contributed by atoms with E-state index in [0.29, 0.717) is 5.92 Å². The van der Waals surface area contributed by atoms with Gasteiger partial charge in [-0.3, -0.25) is 0 Å². The molecule has 0 amide bonds. The minimum absolute atomic E-state index is 0.0746. The molecular formula is C10H14N2O4. The third kappa shape index (κ3) is 2.73. The van der Waals surface area contributed by atoms with Gasteiger partial charge >= 0.3 is 5.97 Å². The zero-order valence-corrected chi connectivity index (χ0v) is 8.81. The summed E-state index contributed by atoms with van der Waals surface area (Å²) < 4.78 is 10.2. The van der Waals surface area contributed by atoms with Gasteiger partial charge in [0.25, 0.3) is 6.01 Å². The summed E-state index contributed by atoms with van der Waals surface area (Å²) in [6.07, 6.45) is 3.16. The van der Waals surface area contributed by atoms with Crippen LogP contribution in [0, 0.1) is 5.92 Å². The predicted octanol–water partition coefficient (Wildman–Crippen LogP) is 1.21. The van der Waals surface area contributed by atoms with Gasteiger partial charge in [-0.25, -0.2) is 4.79 Å². The van der Waals surface area contributed by atoms with E-state index in [9.17, 15) is 4.79 Å². The molecule has 0 atom stereocenters. The van der Waals surface area contributed by atoms with Crippen LogP contribution in [0.3, 0.4) is 0 Å². The Hall–Kier alpha value is -1.56. The summed E-state index contributed by atoms with van der Waals surface area (Å²) in [5, 5.41) is 11.6. The summed E-state index contributed by atoms with van der Waals surface area (Å²) in [5.74, 6) is -0.545. The van der Waals surface area contributed by atoms with Crippen molar-refractivity contribution in [1.82, 2.24) is 4.98 Å². The zero-order chi connectivity index (χ0) is 11.4. The van der Waals surface area contributed by atoms with Gasteiger partial charge in [0.05, 0.1) is 0 Å². The lowest BCUT2D eigenvalue weighted by atomic mass is 10.0. The Morgan fingerprint density at radius 3 is 2.94 bits per heavy atom. The molecule has 16 heavy (non-hydrogen) atoms. The Bertz CT molecular complexity index is 357. The number of carbonyl (C=O) groups is 1. The Balaban J connectivity index is 1.81. The molecule has 0 unspecified atom stereocenters. The van der Waals surface area contributed by atoms with Crippen molar-refractivity contribution in [3.05, 3.63) is 12.0 Å². The molecule has 0 aromatic carbocycles. The van der Waals surface area contributed by atoms with E-state index in [1.807, 2.05) is 0 Å². The highest BCUT2D eigenvalue weighted by Gasteiger charge is 2.15. The molecule has 1 aromatic rings. The first-order valence-corrected chi connectivity index (χ1v) is 5.26. The molecule has 1 aromatic heterocycles. The van der Waals surface area contributed by atoms with E-state index in [1.54, 1.807) is 0 Å². The molecular weight excluding hydrogens is 212 g/mol. The van der Waals surface area contributed by atoms with E-state index in [1.165, 1.54) is 0 Å². The molecule has 0 spiro atoms. The summed E-state index contributed by atoms with van der Waals surface area (Å²) in [6.45, 7) is 2.32. The fourth-order valence-corrected chi connectivity index (χ4v) is 1.64. The number of aromatic nitrogens is 1. The van der Waals surface area contributed by atoms with Crippen LogP contribution in [0.4, 0.5) is 6.01 Å². The number of hydrogen-bond acceptors (Lipinski definition) is 5. The van der Waals surface area contributed by atoms with Gasteiger partial charge in [0, 0.05) is 19.8 Å². The van der Waals surface area contributed by atoms with E-state index in [-0.39, 0.29) is 11.7 Å². The molecule has 1 aliphatic rings. The van der Waals surface area contributed by atoms with Crippen molar-refractivity contribution in [2.24, 2.45) is 5.92 Å². The number of aromatic carboxylic acids is 1. The molecule has 2 rings (SSSR count). The Kier molecular flexibility index (Phi) is 3.40. The SMILES string of the molecule is O=C(O)c1coc(NCC2CCOCC2)n1. The molecule has 1 saturated heterocycles. The first kappa shape index (κ1) is 10.9. The van der Waals surface area contributed by atoms with Gasteiger partial charge in [0.1, 0.15) is 6.26 Å². The fraction of sp³-hybridized carbons (Fsp3) is 0.600. The second-order valence-corrected chi connectivity index (χ2v) is 3.78. The first-order chi connectivity index (χ1) is 7.75. The monoisotopic (exact) mass is 226 g/mol. The number of carboxylic acids is 1. The van der Waals surface area contributed by atoms with Crippen molar-refractivity contribution in [3.8, 4) is 0 Å². The smallest absolute Gasteiger partial charge is 0.357 e. The number of hydrogen-bond donors (Lipinski definition) is 2. The molecule has 1 aliphatic heterocycles. The zero-order valence-electron chi connectivity index (χ0n) is 8.81. The number of nitrogens with one attached hydrogen (secondary N) is 1. The second kappa shape index (κ2) is 4.98. The normalized spacial score (nSPS) is 17.2. The Morgan fingerprint density at radius 1 is 1.56 bits per heavy atom. The summed E-state index contributed by atoms with van der Waals surface area (Å²) in [6, 6.07) is 0.267. The average Bonchev–Trinajstić information content (AvgIpc) is 2.76. The maximum Gasteiger partial charge on any atom is 0.357 e. The molecule has 1 fully saturated rings. The highest BCUT2D eigenvalue weighted by Crippen LogP contribution is 2.16. The highest BCUT2D eigenvalue weighted by atomic mass is 16.5. The minimum atomic E-state index is -1.08. The molecule has 0 bridgehead atoms. The van der Waals surface area contributed by atoms with Crippen LogP contribution in [-0.2, 0) is 4.74 Å². The lowest BCUT2D eigenvalue weighted by Gasteiger charge is -2.21. The van der Waals surface area contributed by atoms with Crippen LogP contribution in [0.1, 0.15) is 23.3 Å². The molecule has 2 heterocycles. The third-order valence-corrected chi connectivity index (χ3v) is 2.61. The van der Waals surface area contributed by atoms with Gasteiger partial charge in [-0.05, 0) is 18.8 Å². The van der Waals surface area contributed by atoms with Gasteiger partial charge in [0.15, 0.2) is 5.69 Å². The third-order valence-electron chi connectivity index (χ3n) is 2.61. The van der Waals surface area contributed by atoms with Crippen LogP contribution in [0.25, 0.3) is 0 Å². The fourth-order valence-electron chi connectivity index (χ4n) is 1.64. The van der Waals surface area contributed by atoms with E-state index < -0.39 is 5.97 Å². The number of oxazole rings is 1. The maximum absolute atomic E-state index is 10.6. The summed E-state index contributed by atoms with van der Waals surface area (Å²) in [4.78, 5) is 14.3.